The number of halogens is 2. The van der Waals surface area contributed by atoms with E-state index in [0.29, 0.717) is 22.3 Å². The molecule has 0 heterocycles. The first kappa shape index (κ1) is 16.7. The molecule has 0 saturated heterocycles. The molecule has 5 heteroatoms. The molecule has 0 bridgehead atoms. The third-order valence-corrected chi connectivity index (χ3v) is 4.19. The maximum Gasteiger partial charge on any atom is 0.227 e. The van der Waals surface area contributed by atoms with Crippen molar-refractivity contribution < 1.29 is 9.53 Å². The fraction of sp³-hybridized carbons (Fsp3) is 0.235. The van der Waals surface area contributed by atoms with Gasteiger partial charge in [-0.15, -0.1) is 0 Å². The zero-order valence-corrected chi connectivity index (χ0v) is 14.0. The zero-order valence-electron chi connectivity index (χ0n) is 12.5. The minimum atomic E-state index is -0.172. The lowest BCUT2D eigenvalue weighted by atomic mass is 10.1. The van der Waals surface area contributed by atoms with Gasteiger partial charge >= 0.3 is 0 Å². The molecule has 2 rings (SSSR count). The first-order valence-corrected chi connectivity index (χ1v) is 7.67. The fourth-order valence-corrected chi connectivity index (χ4v) is 2.30. The Morgan fingerprint density at radius 1 is 1.14 bits per heavy atom. The number of carbonyl (C=O) groups is 1. The Balaban J connectivity index is 1.88. The zero-order chi connectivity index (χ0) is 16.1. The van der Waals surface area contributed by atoms with E-state index in [1.807, 2.05) is 32.0 Å². The van der Waals surface area contributed by atoms with E-state index in [1.165, 1.54) is 0 Å². The van der Waals surface area contributed by atoms with Crippen LogP contribution in [0.15, 0.2) is 36.4 Å². The number of hydrogen-bond donors (Lipinski definition) is 1. The van der Waals surface area contributed by atoms with Crippen molar-refractivity contribution in [3.05, 3.63) is 57.6 Å². The average molecular weight is 338 g/mol. The van der Waals surface area contributed by atoms with E-state index < -0.39 is 0 Å². The highest BCUT2D eigenvalue weighted by atomic mass is 35.5. The molecule has 0 saturated carbocycles. The molecule has 0 aliphatic heterocycles. The van der Waals surface area contributed by atoms with Crippen LogP contribution >= 0.6 is 23.2 Å². The normalized spacial score (nSPS) is 10.4. The van der Waals surface area contributed by atoms with Gasteiger partial charge in [-0.25, -0.2) is 0 Å². The van der Waals surface area contributed by atoms with E-state index in [-0.39, 0.29) is 12.3 Å². The van der Waals surface area contributed by atoms with Crippen molar-refractivity contribution in [1.29, 1.82) is 0 Å². The van der Waals surface area contributed by atoms with Crippen LogP contribution in [0.1, 0.15) is 17.5 Å². The highest BCUT2D eigenvalue weighted by Crippen LogP contribution is 2.29. The second-order valence-corrected chi connectivity index (χ2v) is 5.73. The monoisotopic (exact) mass is 337 g/mol. The largest absolute Gasteiger partial charge is 0.493 e. The maximum absolute atomic E-state index is 11.9. The highest BCUT2D eigenvalue weighted by molar-refractivity contribution is 6.43. The summed E-state index contributed by atoms with van der Waals surface area (Å²) in [5, 5.41) is 3.48. The van der Waals surface area contributed by atoms with Crippen molar-refractivity contribution in [3.63, 3.8) is 0 Å². The van der Waals surface area contributed by atoms with Gasteiger partial charge < -0.3 is 10.1 Å². The lowest BCUT2D eigenvalue weighted by Gasteiger charge is -2.11. The SMILES string of the molecule is Cc1cccc(OCCC(=O)Nc2cccc(Cl)c2Cl)c1C. The van der Waals surface area contributed by atoms with Crippen LogP contribution in [0.2, 0.25) is 10.0 Å². The number of aryl methyl sites for hydroxylation is 1. The standard InChI is InChI=1S/C17H17Cl2NO2/c1-11-5-3-8-15(12(11)2)22-10-9-16(21)20-14-7-4-6-13(18)17(14)19/h3-8H,9-10H2,1-2H3,(H,20,21). The second-order valence-electron chi connectivity index (χ2n) is 4.95. The molecule has 0 atom stereocenters. The maximum atomic E-state index is 11.9. The fourth-order valence-electron chi connectivity index (χ4n) is 1.95. The van der Waals surface area contributed by atoms with Gasteiger partial charge in [-0.2, -0.15) is 0 Å². The molecule has 22 heavy (non-hydrogen) atoms. The molecule has 1 amide bonds. The summed E-state index contributed by atoms with van der Waals surface area (Å²) in [7, 11) is 0. The molecular formula is C17H17Cl2NO2. The number of benzene rings is 2. The van der Waals surface area contributed by atoms with Gasteiger partial charge in [-0.3, -0.25) is 4.79 Å². The highest BCUT2D eigenvalue weighted by Gasteiger charge is 2.09. The smallest absolute Gasteiger partial charge is 0.227 e. The van der Waals surface area contributed by atoms with Gasteiger partial charge in [-0.05, 0) is 43.2 Å². The van der Waals surface area contributed by atoms with Gasteiger partial charge in [0.2, 0.25) is 5.91 Å². The summed E-state index contributed by atoms with van der Waals surface area (Å²) < 4.78 is 5.66. The number of amides is 1. The topological polar surface area (TPSA) is 38.3 Å². The van der Waals surface area contributed by atoms with Crippen LogP contribution in [0.4, 0.5) is 5.69 Å². The van der Waals surface area contributed by atoms with Crippen LogP contribution in [-0.4, -0.2) is 12.5 Å². The molecule has 0 unspecified atom stereocenters. The molecule has 0 aromatic heterocycles. The van der Waals surface area contributed by atoms with E-state index in [4.69, 9.17) is 27.9 Å². The number of carbonyl (C=O) groups excluding carboxylic acids is 1. The van der Waals surface area contributed by atoms with E-state index in [2.05, 4.69) is 5.32 Å². The Labute approximate surface area is 140 Å². The Morgan fingerprint density at radius 3 is 2.64 bits per heavy atom. The van der Waals surface area contributed by atoms with Gasteiger partial charge in [-0.1, -0.05) is 41.4 Å². The predicted molar refractivity (Wildman–Crippen MR) is 91.1 cm³/mol. The van der Waals surface area contributed by atoms with Crippen LogP contribution in [0, 0.1) is 13.8 Å². The number of ether oxygens (including phenoxy) is 1. The summed E-state index contributed by atoms with van der Waals surface area (Å²) in [6, 6.07) is 11.0. The Morgan fingerprint density at radius 2 is 1.86 bits per heavy atom. The van der Waals surface area contributed by atoms with Crippen LogP contribution in [-0.2, 0) is 4.79 Å². The van der Waals surface area contributed by atoms with Crippen LogP contribution in [0.3, 0.4) is 0 Å². The first-order chi connectivity index (χ1) is 10.5. The Hall–Kier alpha value is -1.71. The predicted octanol–water partition coefficient (Wildman–Crippen LogP) is 5.02. The number of nitrogens with one attached hydrogen (secondary N) is 1. The van der Waals surface area contributed by atoms with Crippen molar-refractivity contribution in [2.45, 2.75) is 20.3 Å². The quantitative estimate of drug-likeness (QED) is 0.831. The van der Waals surface area contributed by atoms with Crippen molar-refractivity contribution in [2.75, 3.05) is 11.9 Å². The summed E-state index contributed by atoms with van der Waals surface area (Å²) in [5.41, 5.74) is 2.75. The molecule has 0 aliphatic carbocycles. The van der Waals surface area contributed by atoms with Crippen LogP contribution in [0.25, 0.3) is 0 Å². The summed E-state index contributed by atoms with van der Waals surface area (Å²) in [4.78, 5) is 11.9. The van der Waals surface area contributed by atoms with Crippen molar-refractivity contribution in [2.24, 2.45) is 0 Å². The van der Waals surface area contributed by atoms with E-state index in [0.717, 1.165) is 16.9 Å². The second kappa shape index (κ2) is 7.52. The first-order valence-electron chi connectivity index (χ1n) is 6.92. The number of anilines is 1. The van der Waals surface area contributed by atoms with Crippen molar-refractivity contribution >= 4 is 34.8 Å². The van der Waals surface area contributed by atoms with Gasteiger partial charge in [0, 0.05) is 0 Å². The molecule has 0 spiro atoms. The van der Waals surface area contributed by atoms with Crippen LogP contribution < -0.4 is 10.1 Å². The van der Waals surface area contributed by atoms with Crippen molar-refractivity contribution in [3.8, 4) is 5.75 Å². The van der Waals surface area contributed by atoms with E-state index in [9.17, 15) is 4.79 Å². The molecule has 0 radical (unpaired) electrons. The van der Waals surface area contributed by atoms with Gasteiger partial charge in [0.1, 0.15) is 5.75 Å². The van der Waals surface area contributed by atoms with Gasteiger partial charge in [0.05, 0.1) is 28.8 Å². The van der Waals surface area contributed by atoms with Crippen LogP contribution in [0.5, 0.6) is 5.75 Å². The molecule has 116 valence electrons. The Kier molecular flexibility index (Phi) is 5.69. The average Bonchev–Trinajstić information content (AvgIpc) is 2.48. The molecule has 1 N–H and O–H groups in total. The molecule has 0 fully saturated rings. The molecule has 0 aliphatic rings. The third kappa shape index (κ3) is 4.15. The summed E-state index contributed by atoms with van der Waals surface area (Å²) >= 11 is 11.9. The summed E-state index contributed by atoms with van der Waals surface area (Å²) in [5.74, 6) is 0.628. The third-order valence-electron chi connectivity index (χ3n) is 3.37. The van der Waals surface area contributed by atoms with E-state index in [1.54, 1.807) is 18.2 Å². The molecular weight excluding hydrogens is 321 g/mol. The minimum absolute atomic E-state index is 0.172. The number of hydrogen-bond acceptors (Lipinski definition) is 2. The van der Waals surface area contributed by atoms with Gasteiger partial charge in [0.25, 0.3) is 0 Å². The number of rotatable bonds is 5. The molecule has 3 nitrogen and oxygen atoms in total. The van der Waals surface area contributed by atoms with E-state index >= 15 is 0 Å². The van der Waals surface area contributed by atoms with Crippen molar-refractivity contribution in [1.82, 2.24) is 0 Å². The molecule has 2 aromatic carbocycles. The lowest BCUT2D eigenvalue weighted by molar-refractivity contribution is -0.116. The summed E-state index contributed by atoms with van der Waals surface area (Å²) in [6.07, 6.45) is 0.232. The molecule has 2 aromatic rings. The summed E-state index contributed by atoms with van der Waals surface area (Å²) in [6.45, 7) is 4.32. The lowest BCUT2D eigenvalue weighted by Crippen LogP contribution is -2.15. The Bertz CT molecular complexity index is 686. The minimum Gasteiger partial charge on any atom is -0.493 e. The van der Waals surface area contributed by atoms with Gasteiger partial charge in [0.15, 0.2) is 0 Å².